The molecule has 0 aliphatic carbocycles. The number of esters is 1. The van der Waals surface area contributed by atoms with Crippen molar-refractivity contribution in [2.24, 2.45) is 5.92 Å². The third-order valence-corrected chi connectivity index (χ3v) is 4.90. The first kappa shape index (κ1) is 18.4. The third-order valence-electron chi connectivity index (χ3n) is 4.01. The number of piperidine rings is 1. The molecule has 7 heteroatoms. The average Bonchev–Trinajstić information content (AvgIpc) is 2.58. The molecule has 0 bridgehead atoms. The molecular weight excluding hydrogens is 376 g/mol. The minimum atomic E-state index is -0.661. The highest BCUT2D eigenvalue weighted by Gasteiger charge is 2.30. The van der Waals surface area contributed by atoms with Crippen molar-refractivity contribution in [3.63, 3.8) is 0 Å². The van der Waals surface area contributed by atoms with Gasteiger partial charge in [0.1, 0.15) is 0 Å². The number of benzene rings is 1. The summed E-state index contributed by atoms with van der Waals surface area (Å²) in [5.41, 5.74) is 1.55. The molecule has 24 heavy (non-hydrogen) atoms. The van der Waals surface area contributed by atoms with Crippen molar-refractivity contribution in [2.75, 3.05) is 25.0 Å². The maximum Gasteiger partial charge on any atom is 0.313 e. The van der Waals surface area contributed by atoms with Gasteiger partial charge in [-0.25, -0.2) is 0 Å². The molecule has 1 aliphatic rings. The van der Waals surface area contributed by atoms with Gasteiger partial charge in [-0.05, 0) is 50.5 Å². The summed E-state index contributed by atoms with van der Waals surface area (Å²) in [5, 5.41) is 2.62. The number of nitrogens with zero attached hydrogens (tertiary/aromatic N) is 1. The molecule has 0 saturated carbocycles. The van der Waals surface area contributed by atoms with Gasteiger partial charge in [0.25, 0.3) is 0 Å². The minimum absolute atomic E-state index is 0.189. The molecule has 0 radical (unpaired) electrons. The van der Waals surface area contributed by atoms with Crippen LogP contribution in [0.5, 0.6) is 0 Å². The van der Waals surface area contributed by atoms with Crippen LogP contribution in [-0.4, -0.2) is 42.4 Å². The summed E-state index contributed by atoms with van der Waals surface area (Å²) in [7, 11) is 0. The maximum atomic E-state index is 12.2. The van der Waals surface area contributed by atoms with Gasteiger partial charge in [0.2, 0.25) is 0 Å². The lowest BCUT2D eigenvalue weighted by molar-refractivity contribution is -0.152. The SMILES string of the molecule is CCOC(=O)C1CCN(C(=O)C(=O)Nc2ccc(Br)c(C)c2)CC1. The Bertz CT molecular complexity index is 639. The number of halogens is 1. The Morgan fingerprint density at radius 1 is 1.29 bits per heavy atom. The molecule has 6 nitrogen and oxygen atoms in total. The maximum absolute atomic E-state index is 12.2. The molecule has 1 heterocycles. The summed E-state index contributed by atoms with van der Waals surface area (Å²) in [6, 6.07) is 5.35. The van der Waals surface area contributed by atoms with E-state index in [9.17, 15) is 14.4 Å². The zero-order valence-electron chi connectivity index (χ0n) is 13.8. The number of hydrogen-bond donors (Lipinski definition) is 1. The van der Waals surface area contributed by atoms with Gasteiger partial charge in [0, 0.05) is 23.2 Å². The van der Waals surface area contributed by atoms with Crippen LogP contribution in [0.1, 0.15) is 25.3 Å². The standard InChI is InChI=1S/C17H21BrN2O4/c1-3-24-17(23)12-6-8-20(9-7-12)16(22)15(21)19-13-4-5-14(18)11(2)10-13/h4-5,10,12H,3,6-9H2,1-2H3,(H,19,21). The first-order valence-corrected chi connectivity index (χ1v) is 8.74. The Balaban J connectivity index is 1.89. The van der Waals surface area contributed by atoms with E-state index in [4.69, 9.17) is 4.74 Å². The number of aryl methyl sites for hydroxylation is 1. The molecular formula is C17H21BrN2O4. The van der Waals surface area contributed by atoms with Crippen LogP contribution in [0, 0.1) is 12.8 Å². The van der Waals surface area contributed by atoms with E-state index in [0.29, 0.717) is 38.2 Å². The van der Waals surface area contributed by atoms with Crippen molar-refractivity contribution < 1.29 is 19.1 Å². The fourth-order valence-electron chi connectivity index (χ4n) is 2.63. The van der Waals surface area contributed by atoms with Gasteiger partial charge in [0.15, 0.2) is 0 Å². The first-order chi connectivity index (χ1) is 11.4. The molecule has 1 aromatic rings. The topological polar surface area (TPSA) is 75.7 Å². The van der Waals surface area contributed by atoms with E-state index < -0.39 is 11.8 Å². The van der Waals surface area contributed by atoms with Crippen LogP contribution in [0.25, 0.3) is 0 Å². The van der Waals surface area contributed by atoms with Gasteiger partial charge in [-0.15, -0.1) is 0 Å². The molecule has 1 aliphatic heterocycles. The van der Waals surface area contributed by atoms with Crippen LogP contribution < -0.4 is 5.32 Å². The van der Waals surface area contributed by atoms with Crippen LogP contribution in [0.15, 0.2) is 22.7 Å². The van der Waals surface area contributed by atoms with Crippen LogP contribution in [-0.2, 0) is 19.1 Å². The molecule has 1 saturated heterocycles. The van der Waals surface area contributed by atoms with Crippen molar-refractivity contribution >= 4 is 39.4 Å². The van der Waals surface area contributed by atoms with Crippen LogP contribution in [0.2, 0.25) is 0 Å². The van der Waals surface area contributed by atoms with Crippen LogP contribution >= 0.6 is 15.9 Å². The number of nitrogens with one attached hydrogen (secondary N) is 1. The van der Waals surface area contributed by atoms with Crippen molar-refractivity contribution in [3.8, 4) is 0 Å². The van der Waals surface area contributed by atoms with Crippen LogP contribution in [0.4, 0.5) is 5.69 Å². The van der Waals surface area contributed by atoms with Crippen molar-refractivity contribution in [2.45, 2.75) is 26.7 Å². The molecule has 2 amide bonds. The lowest BCUT2D eigenvalue weighted by Crippen LogP contribution is -2.45. The predicted octanol–water partition coefficient (Wildman–Crippen LogP) is 2.50. The lowest BCUT2D eigenvalue weighted by atomic mass is 9.97. The molecule has 1 fully saturated rings. The monoisotopic (exact) mass is 396 g/mol. The van der Waals surface area contributed by atoms with E-state index in [2.05, 4.69) is 21.2 Å². The molecule has 2 rings (SSSR count). The van der Waals surface area contributed by atoms with Crippen molar-refractivity contribution in [1.29, 1.82) is 0 Å². The van der Waals surface area contributed by atoms with E-state index in [1.807, 2.05) is 13.0 Å². The summed E-state index contributed by atoms with van der Waals surface area (Å²) in [6.07, 6.45) is 1.05. The van der Waals surface area contributed by atoms with Gasteiger partial charge >= 0.3 is 17.8 Å². The van der Waals surface area contributed by atoms with E-state index >= 15 is 0 Å². The molecule has 1 aromatic carbocycles. The van der Waals surface area contributed by atoms with Crippen molar-refractivity contribution in [1.82, 2.24) is 4.90 Å². The second kappa shape index (κ2) is 8.28. The van der Waals surface area contributed by atoms with Gasteiger partial charge in [-0.1, -0.05) is 15.9 Å². The Morgan fingerprint density at radius 3 is 2.54 bits per heavy atom. The zero-order valence-corrected chi connectivity index (χ0v) is 15.4. The summed E-state index contributed by atoms with van der Waals surface area (Å²) >= 11 is 3.39. The van der Waals surface area contributed by atoms with Gasteiger partial charge in [0.05, 0.1) is 12.5 Å². The fraction of sp³-hybridized carbons (Fsp3) is 0.471. The summed E-state index contributed by atoms with van der Waals surface area (Å²) < 4.78 is 5.94. The summed E-state index contributed by atoms with van der Waals surface area (Å²) in [6.45, 7) is 4.80. The number of anilines is 1. The fourth-order valence-corrected chi connectivity index (χ4v) is 2.88. The average molecular weight is 397 g/mol. The number of hydrogen-bond acceptors (Lipinski definition) is 4. The number of likely N-dealkylation sites (tertiary alicyclic amines) is 1. The van der Waals surface area contributed by atoms with Gasteiger partial charge < -0.3 is 15.0 Å². The Kier molecular flexibility index (Phi) is 6.36. The number of carbonyl (C=O) groups is 3. The molecule has 1 N–H and O–H groups in total. The van der Waals surface area contributed by atoms with E-state index in [1.54, 1.807) is 19.1 Å². The lowest BCUT2D eigenvalue weighted by Gasteiger charge is -2.30. The Hall–Kier alpha value is -1.89. The van der Waals surface area contributed by atoms with Crippen LogP contribution in [0.3, 0.4) is 0 Å². The number of rotatable bonds is 3. The second-order valence-electron chi connectivity index (χ2n) is 5.74. The van der Waals surface area contributed by atoms with E-state index in [-0.39, 0.29) is 11.9 Å². The third kappa shape index (κ3) is 4.56. The molecule has 0 unspecified atom stereocenters. The number of amides is 2. The Labute approximate surface area is 149 Å². The predicted molar refractivity (Wildman–Crippen MR) is 93.4 cm³/mol. The van der Waals surface area contributed by atoms with Gasteiger partial charge in [-0.2, -0.15) is 0 Å². The molecule has 0 aromatic heterocycles. The van der Waals surface area contributed by atoms with E-state index in [1.165, 1.54) is 4.90 Å². The highest BCUT2D eigenvalue weighted by atomic mass is 79.9. The summed E-state index contributed by atoms with van der Waals surface area (Å²) in [5.74, 6) is -1.64. The molecule has 0 atom stereocenters. The largest absolute Gasteiger partial charge is 0.466 e. The number of ether oxygens (including phenoxy) is 1. The Morgan fingerprint density at radius 2 is 1.96 bits per heavy atom. The van der Waals surface area contributed by atoms with Crippen molar-refractivity contribution in [3.05, 3.63) is 28.2 Å². The molecule has 0 spiro atoms. The smallest absolute Gasteiger partial charge is 0.313 e. The zero-order chi connectivity index (χ0) is 17.7. The van der Waals surface area contributed by atoms with Gasteiger partial charge in [-0.3, -0.25) is 14.4 Å². The highest BCUT2D eigenvalue weighted by molar-refractivity contribution is 9.10. The molecule has 130 valence electrons. The highest BCUT2D eigenvalue weighted by Crippen LogP contribution is 2.21. The first-order valence-electron chi connectivity index (χ1n) is 7.95. The number of carbonyl (C=O) groups excluding carboxylic acids is 3. The quantitative estimate of drug-likeness (QED) is 0.628. The van der Waals surface area contributed by atoms with E-state index in [0.717, 1.165) is 10.0 Å². The summed E-state index contributed by atoms with van der Waals surface area (Å²) in [4.78, 5) is 37.5. The normalized spacial score (nSPS) is 15.0. The second-order valence-corrected chi connectivity index (χ2v) is 6.59. The minimum Gasteiger partial charge on any atom is -0.466 e.